The zero-order valence-corrected chi connectivity index (χ0v) is 7.65. The molecule has 0 heterocycles. The molecule has 0 amide bonds. The Labute approximate surface area is 71.5 Å². The Bertz CT molecular complexity index is 281. The van der Waals surface area contributed by atoms with Gasteiger partial charge in [0.15, 0.2) is 5.78 Å². The van der Waals surface area contributed by atoms with Gasteiger partial charge in [-0.3, -0.25) is 4.79 Å². The summed E-state index contributed by atoms with van der Waals surface area (Å²) in [7, 11) is -3.72. The summed E-state index contributed by atoms with van der Waals surface area (Å²) >= 11 is 0. The van der Waals surface area contributed by atoms with Gasteiger partial charge in [0.25, 0.3) is 0 Å². The van der Waals surface area contributed by atoms with Crippen molar-refractivity contribution in [1.82, 2.24) is 0 Å². The maximum atomic E-state index is 10.8. The molecule has 0 aliphatic carbocycles. The second kappa shape index (κ2) is 4.32. The zero-order chi connectivity index (χ0) is 9.78. The minimum Gasteiger partial charge on any atom is -0.309 e. The van der Waals surface area contributed by atoms with Gasteiger partial charge in [0, 0.05) is 12.1 Å². The maximum absolute atomic E-state index is 10.8. The minimum absolute atomic E-state index is 0.118. The van der Waals surface area contributed by atoms with Crippen LogP contribution in [0.4, 0.5) is 0 Å². The number of hydrogen-bond donors (Lipinski definition) is 2. The van der Waals surface area contributed by atoms with Crippen molar-refractivity contribution in [2.24, 2.45) is 5.14 Å². The van der Waals surface area contributed by atoms with Crippen molar-refractivity contribution in [3.05, 3.63) is 0 Å². The lowest BCUT2D eigenvalue weighted by Crippen LogP contribution is -2.24. The molecule has 0 aliphatic heterocycles. The van der Waals surface area contributed by atoms with E-state index in [0.717, 1.165) is 0 Å². The van der Waals surface area contributed by atoms with Crippen LogP contribution >= 0.6 is 0 Å². The Hall–Kier alpha value is -0.750. The third kappa shape index (κ3) is 5.99. The van der Waals surface area contributed by atoms with Crippen LogP contribution in [0.1, 0.15) is 19.8 Å². The highest BCUT2D eigenvalue weighted by Crippen LogP contribution is 1.93. The van der Waals surface area contributed by atoms with Crippen molar-refractivity contribution in [2.45, 2.75) is 19.8 Å². The van der Waals surface area contributed by atoms with Crippen LogP contribution in [0.25, 0.3) is 0 Å². The number of ketones is 1. The molecule has 0 saturated carbocycles. The minimum atomic E-state index is -3.72. The average Bonchev–Trinajstić information content (AvgIpc) is 1.82. The molecule has 0 aromatic rings. The molecule has 0 aliphatic rings. The van der Waals surface area contributed by atoms with Crippen LogP contribution < -0.4 is 5.14 Å². The summed E-state index contributed by atoms with van der Waals surface area (Å²) in [6.45, 7) is 1.73. The second-order valence-corrected chi connectivity index (χ2v) is 4.09. The maximum Gasteiger partial charge on any atom is 0.216 e. The molecule has 0 unspecified atom stereocenters. The molecule has 0 saturated heterocycles. The molecule has 0 aromatic carbocycles. The van der Waals surface area contributed by atoms with E-state index < -0.39 is 21.6 Å². The summed E-state index contributed by atoms with van der Waals surface area (Å²) in [5, 5.41) is 11.8. The van der Waals surface area contributed by atoms with Crippen LogP contribution in [0, 0.1) is 5.41 Å². The fourth-order valence-electron chi connectivity index (χ4n) is 0.638. The van der Waals surface area contributed by atoms with Gasteiger partial charge >= 0.3 is 0 Å². The quantitative estimate of drug-likeness (QED) is 0.583. The lowest BCUT2D eigenvalue weighted by atomic mass is 10.2. The van der Waals surface area contributed by atoms with Crippen molar-refractivity contribution in [3.8, 4) is 0 Å². The van der Waals surface area contributed by atoms with Crippen molar-refractivity contribution < 1.29 is 13.2 Å². The van der Waals surface area contributed by atoms with Gasteiger partial charge in [-0.2, -0.15) is 0 Å². The number of hydrogen-bond acceptors (Lipinski definition) is 4. The Morgan fingerprint density at radius 1 is 1.50 bits per heavy atom. The standard InChI is InChI=1S/C6H12N2O3S/c1-2-5(7)3-6(9)4-12(8,10)11/h7H,2-4H2,1H3,(H2,8,10,11). The lowest BCUT2D eigenvalue weighted by Gasteiger charge is -1.98. The van der Waals surface area contributed by atoms with Crippen LogP contribution in [0.15, 0.2) is 0 Å². The van der Waals surface area contributed by atoms with Crippen molar-refractivity contribution in [3.63, 3.8) is 0 Å². The van der Waals surface area contributed by atoms with E-state index in [-0.39, 0.29) is 12.1 Å². The number of Topliss-reactive ketones (excluding diaryl/α,β-unsaturated/α-hetero) is 1. The van der Waals surface area contributed by atoms with E-state index in [9.17, 15) is 13.2 Å². The molecular formula is C6H12N2O3S. The Morgan fingerprint density at radius 3 is 2.33 bits per heavy atom. The van der Waals surface area contributed by atoms with E-state index in [0.29, 0.717) is 6.42 Å². The van der Waals surface area contributed by atoms with Gasteiger partial charge in [0.1, 0.15) is 5.75 Å². The highest BCUT2D eigenvalue weighted by molar-refractivity contribution is 7.89. The molecule has 0 rings (SSSR count). The van der Waals surface area contributed by atoms with Gasteiger partial charge < -0.3 is 5.41 Å². The third-order valence-electron chi connectivity index (χ3n) is 1.20. The summed E-state index contributed by atoms with van der Waals surface area (Å²) in [6, 6.07) is 0. The fraction of sp³-hybridized carbons (Fsp3) is 0.667. The molecule has 0 atom stereocenters. The second-order valence-electron chi connectivity index (χ2n) is 2.48. The first-order valence-corrected chi connectivity index (χ1v) is 5.15. The summed E-state index contributed by atoms with van der Waals surface area (Å²) in [4.78, 5) is 10.8. The van der Waals surface area contributed by atoms with E-state index in [1.54, 1.807) is 6.92 Å². The van der Waals surface area contributed by atoms with E-state index in [2.05, 4.69) is 5.14 Å². The first-order valence-electron chi connectivity index (χ1n) is 3.43. The van der Waals surface area contributed by atoms with Gasteiger partial charge in [-0.15, -0.1) is 0 Å². The van der Waals surface area contributed by atoms with Crippen LogP contribution in [-0.4, -0.2) is 25.7 Å². The number of primary sulfonamides is 1. The van der Waals surface area contributed by atoms with E-state index in [1.165, 1.54) is 0 Å². The summed E-state index contributed by atoms with van der Waals surface area (Å²) < 4.78 is 20.8. The number of carbonyl (C=O) groups is 1. The van der Waals surface area contributed by atoms with Gasteiger partial charge in [-0.05, 0) is 6.42 Å². The smallest absolute Gasteiger partial charge is 0.216 e. The molecule has 0 aromatic heterocycles. The summed E-state index contributed by atoms with van der Waals surface area (Å²) in [6.07, 6.45) is 0.337. The largest absolute Gasteiger partial charge is 0.309 e. The summed E-state index contributed by atoms with van der Waals surface area (Å²) in [5.41, 5.74) is 0.226. The van der Waals surface area contributed by atoms with Gasteiger partial charge in [-0.25, -0.2) is 13.6 Å². The number of nitrogens with two attached hydrogens (primary N) is 1. The van der Waals surface area contributed by atoms with Crippen molar-refractivity contribution in [1.29, 1.82) is 5.41 Å². The molecule has 0 radical (unpaired) electrons. The van der Waals surface area contributed by atoms with Gasteiger partial charge in [-0.1, -0.05) is 6.92 Å². The van der Waals surface area contributed by atoms with Gasteiger partial charge in [0.05, 0.1) is 0 Å². The molecule has 6 heteroatoms. The predicted octanol–water partition coefficient (Wildman–Crippen LogP) is -0.336. The first kappa shape index (κ1) is 11.2. The molecule has 3 N–H and O–H groups in total. The molecule has 0 bridgehead atoms. The average molecular weight is 192 g/mol. The van der Waals surface area contributed by atoms with E-state index in [4.69, 9.17) is 5.41 Å². The molecule has 5 nitrogen and oxygen atoms in total. The summed E-state index contributed by atoms with van der Waals surface area (Å²) in [5.74, 6) is -1.19. The molecule has 12 heavy (non-hydrogen) atoms. The highest BCUT2D eigenvalue weighted by Gasteiger charge is 2.12. The number of rotatable bonds is 5. The fourth-order valence-corrected chi connectivity index (χ4v) is 1.19. The lowest BCUT2D eigenvalue weighted by molar-refractivity contribution is -0.115. The van der Waals surface area contributed by atoms with Crippen LogP contribution in [-0.2, 0) is 14.8 Å². The topological polar surface area (TPSA) is 101 Å². The third-order valence-corrected chi connectivity index (χ3v) is 1.92. The number of nitrogens with one attached hydrogen (secondary N) is 1. The SMILES string of the molecule is CCC(=N)CC(=O)CS(N)(=O)=O. The van der Waals surface area contributed by atoms with Crippen LogP contribution in [0.2, 0.25) is 0 Å². The first-order chi connectivity index (χ1) is 5.35. The van der Waals surface area contributed by atoms with E-state index in [1.807, 2.05) is 0 Å². The van der Waals surface area contributed by atoms with Crippen LogP contribution in [0.3, 0.4) is 0 Å². The Balaban J connectivity index is 4.00. The molecule has 70 valence electrons. The monoisotopic (exact) mass is 192 g/mol. The van der Waals surface area contributed by atoms with Crippen LogP contribution in [0.5, 0.6) is 0 Å². The molecule has 0 spiro atoms. The molecule has 0 fully saturated rings. The Morgan fingerprint density at radius 2 is 2.00 bits per heavy atom. The zero-order valence-electron chi connectivity index (χ0n) is 6.83. The normalized spacial score (nSPS) is 11.2. The highest BCUT2D eigenvalue weighted by atomic mass is 32.2. The Kier molecular flexibility index (Phi) is 4.05. The van der Waals surface area contributed by atoms with Crippen molar-refractivity contribution in [2.75, 3.05) is 5.75 Å². The number of sulfonamides is 1. The molecular weight excluding hydrogens is 180 g/mol. The number of carbonyl (C=O) groups excluding carboxylic acids is 1. The van der Waals surface area contributed by atoms with Crippen molar-refractivity contribution >= 4 is 21.5 Å². The predicted molar refractivity (Wildman–Crippen MR) is 45.6 cm³/mol. The van der Waals surface area contributed by atoms with Gasteiger partial charge in [0.2, 0.25) is 10.0 Å². The van der Waals surface area contributed by atoms with E-state index >= 15 is 0 Å².